The molecular weight excluding hydrogens is 314 g/mol. The Balaban J connectivity index is 2.21. The Kier molecular flexibility index (Phi) is 6.14. The van der Waals surface area contributed by atoms with Crippen LogP contribution in [-0.4, -0.2) is 28.4 Å². The standard InChI is InChI=1S/C17H23NO6/c1-11(2)17(23-13-6-4-3-5-7-13)24-15-10-12(16(19)20)8-9-14(15)18(21)22/h8-11,13,17H,3-7H2,1-2H3,(H,19,20). The Bertz CT molecular complexity index is 595. The first-order valence-electron chi connectivity index (χ1n) is 8.22. The predicted octanol–water partition coefficient (Wildman–Crippen LogP) is 4.00. The van der Waals surface area contributed by atoms with Crippen LogP contribution in [0.1, 0.15) is 56.3 Å². The van der Waals surface area contributed by atoms with Gasteiger partial charge in [0, 0.05) is 18.1 Å². The van der Waals surface area contributed by atoms with E-state index in [0.29, 0.717) is 0 Å². The van der Waals surface area contributed by atoms with Crippen LogP contribution in [-0.2, 0) is 4.74 Å². The van der Waals surface area contributed by atoms with Gasteiger partial charge in [-0.15, -0.1) is 0 Å². The molecule has 0 saturated heterocycles. The Morgan fingerprint density at radius 2 is 1.96 bits per heavy atom. The van der Waals surface area contributed by atoms with E-state index in [2.05, 4.69) is 0 Å². The number of hydrogen-bond donors (Lipinski definition) is 1. The Morgan fingerprint density at radius 3 is 2.50 bits per heavy atom. The van der Waals surface area contributed by atoms with E-state index in [1.807, 2.05) is 13.8 Å². The molecule has 1 aromatic carbocycles. The number of hydrogen-bond acceptors (Lipinski definition) is 5. The maximum Gasteiger partial charge on any atom is 0.335 e. The van der Waals surface area contributed by atoms with E-state index in [0.717, 1.165) is 31.7 Å². The smallest absolute Gasteiger partial charge is 0.335 e. The maximum absolute atomic E-state index is 11.2. The minimum Gasteiger partial charge on any atom is -0.478 e. The summed E-state index contributed by atoms with van der Waals surface area (Å²) in [5.74, 6) is -1.27. The predicted molar refractivity (Wildman–Crippen MR) is 87.3 cm³/mol. The number of carbonyl (C=O) groups is 1. The Hall–Kier alpha value is -2.15. The summed E-state index contributed by atoms with van der Waals surface area (Å²) in [6.45, 7) is 3.81. The second-order valence-electron chi connectivity index (χ2n) is 6.37. The van der Waals surface area contributed by atoms with Crippen LogP contribution in [0.4, 0.5) is 5.69 Å². The third kappa shape index (κ3) is 4.67. The van der Waals surface area contributed by atoms with Crippen molar-refractivity contribution in [3.8, 4) is 5.75 Å². The van der Waals surface area contributed by atoms with Gasteiger partial charge < -0.3 is 14.6 Å². The lowest BCUT2D eigenvalue weighted by Gasteiger charge is -2.29. The van der Waals surface area contributed by atoms with Gasteiger partial charge in [0.2, 0.25) is 12.0 Å². The number of benzene rings is 1. The van der Waals surface area contributed by atoms with Gasteiger partial charge in [0.15, 0.2) is 0 Å². The molecule has 7 nitrogen and oxygen atoms in total. The van der Waals surface area contributed by atoms with Gasteiger partial charge in [0.1, 0.15) is 0 Å². The summed E-state index contributed by atoms with van der Waals surface area (Å²) in [7, 11) is 0. The number of ether oxygens (including phenoxy) is 2. The first kappa shape index (κ1) is 18.2. The molecule has 0 heterocycles. The zero-order chi connectivity index (χ0) is 17.7. The Labute approximate surface area is 140 Å². The zero-order valence-corrected chi connectivity index (χ0v) is 13.9. The number of aromatic carboxylic acids is 1. The van der Waals surface area contributed by atoms with Crippen LogP contribution in [0.3, 0.4) is 0 Å². The van der Waals surface area contributed by atoms with Crippen molar-refractivity contribution in [2.24, 2.45) is 5.92 Å². The number of nitro groups is 1. The largest absolute Gasteiger partial charge is 0.478 e. The van der Waals surface area contributed by atoms with Crippen LogP contribution >= 0.6 is 0 Å². The molecule has 2 rings (SSSR count). The molecule has 0 amide bonds. The summed E-state index contributed by atoms with van der Waals surface area (Å²) in [4.78, 5) is 21.7. The number of nitrogens with zero attached hydrogens (tertiary/aromatic N) is 1. The second kappa shape index (κ2) is 8.10. The molecule has 1 aliphatic rings. The highest BCUT2D eigenvalue weighted by Crippen LogP contribution is 2.31. The SMILES string of the molecule is CC(C)C(Oc1cc(C(=O)O)ccc1[N+](=O)[O-])OC1CCCCC1. The minimum absolute atomic E-state index is 0.0278. The van der Waals surface area contributed by atoms with Crippen molar-refractivity contribution in [1.82, 2.24) is 0 Å². The van der Waals surface area contributed by atoms with Crippen LogP contribution in [0.2, 0.25) is 0 Å². The summed E-state index contributed by atoms with van der Waals surface area (Å²) in [5, 5.41) is 20.3. The second-order valence-corrected chi connectivity index (χ2v) is 6.37. The van der Waals surface area contributed by atoms with Crippen LogP contribution in [0.15, 0.2) is 18.2 Å². The van der Waals surface area contributed by atoms with E-state index in [-0.39, 0.29) is 29.0 Å². The lowest BCUT2D eigenvalue weighted by molar-refractivity contribution is -0.386. The molecule has 1 fully saturated rings. The molecule has 1 atom stereocenters. The van der Waals surface area contributed by atoms with Gasteiger partial charge in [-0.2, -0.15) is 0 Å². The van der Waals surface area contributed by atoms with Gasteiger partial charge in [0.25, 0.3) is 0 Å². The first-order chi connectivity index (χ1) is 11.4. The van der Waals surface area contributed by atoms with Crippen molar-refractivity contribution in [3.63, 3.8) is 0 Å². The molecular formula is C17H23NO6. The fraction of sp³-hybridized carbons (Fsp3) is 0.588. The summed E-state index contributed by atoms with van der Waals surface area (Å²) in [6.07, 6.45) is 4.71. The summed E-state index contributed by atoms with van der Waals surface area (Å²) in [5.41, 5.74) is -0.325. The van der Waals surface area contributed by atoms with Crippen molar-refractivity contribution in [1.29, 1.82) is 0 Å². The molecule has 1 aromatic rings. The molecule has 0 aliphatic heterocycles. The number of carboxylic acids is 1. The molecule has 0 spiro atoms. The normalized spacial score (nSPS) is 16.8. The maximum atomic E-state index is 11.2. The van der Waals surface area contributed by atoms with Crippen molar-refractivity contribution in [2.75, 3.05) is 0 Å². The minimum atomic E-state index is -1.16. The van der Waals surface area contributed by atoms with Crippen molar-refractivity contribution >= 4 is 11.7 Å². The third-order valence-corrected chi connectivity index (χ3v) is 4.07. The van der Waals surface area contributed by atoms with E-state index in [4.69, 9.17) is 14.6 Å². The number of rotatable bonds is 7. The topological polar surface area (TPSA) is 98.9 Å². The van der Waals surface area contributed by atoms with Gasteiger partial charge in [-0.05, 0) is 18.9 Å². The van der Waals surface area contributed by atoms with Gasteiger partial charge in [-0.3, -0.25) is 10.1 Å². The first-order valence-corrected chi connectivity index (χ1v) is 8.22. The lowest BCUT2D eigenvalue weighted by atomic mass is 9.97. The van der Waals surface area contributed by atoms with Gasteiger partial charge in [0.05, 0.1) is 16.6 Å². The fourth-order valence-corrected chi connectivity index (χ4v) is 2.73. The van der Waals surface area contributed by atoms with Crippen LogP contribution < -0.4 is 4.74 Å². The average molecular weight is 337 g/mol. The molecule has 7 heteroatoms. The van der Waals surface area contributed by atoms with Gasteiger partial charge >= 0.3 is 11.7 Å². The van der Waals surface area contributed by atoms with Crippen LogP contribution in [0.25, 0.3) is 0 Å². The molecule has 0 bridgehead atoms. The highest BCUT2D eigenvalue weighted by molar-refractivity contribution is 5.88. The Morgan fingerprint density at radius 1 is 1.29 bits per heavy atom. The third-order valence-electron chi connectivity index (χ3n) is 4.07. The van der Waals surface area contributed by atoms with E-state index in [1.54, 1.807) is 0 Å². The molecule has 1 N–H and O–H groups in total. The summed E-state index contributed by atoms with van der Waals surface area (Å²) >= 11 is 0. The van der Waals surface area contributed by atoms with E-state index in [9.17, 15) is 14.9 Å². The van der Waals surface area contributed by atoms with E-state index in [1.165, 1.54) is 18.6 Å². The van der Waals surface area contributed by atoms with Crippen molar-refractivity contribution in [2.45, 2.75) is 58.3 Å². The number of carboxylic acid groups (broad SMARTS) is 1. The van der Waals surface area contributed by atoms with E-state index >= 15 is 0 Å². The van der Waals surface area contributed by atoms with Crippen LogP contribution in [0.5, 0.6) is 5.75 Å². The lowest BCUT2D eigenvalue weighted by Crippen LogP contribution is -2.32. The molecule has 1 aliphatic carbocycles. The summed E-state index contributed by atoms with van der Waals surface area (Å²) in [6, 6.07) is 3.52. The van der Waals surface area contributed by atoms with Crippen molar-refractivity contribution in [3.05, 3.63) is 33.9 Å². The van der Waals surface area contributed by atoms with Gasteiger partial charge in [-0.1, -0.05) is 33.1 Å². The van der Waals surface area contributed by atoms with Crippen LogP contribution in [0, 0.1) is 16.0 Å². The summed E-state index contributed by atoms with van der Waals surface area (Å²) < 4.78 is 11.7. The zero-order valence-electron chi connectivity index (χ0n) is 13.9. The molecule has 1 unspecified atom stereocenters. The van der Waals surface area contributed by atoms with Crippen molar-refractivity contribution < 1.29 is 24.3 Å². The molecule has 132 valence electrons. The highest BCUT2D eigenvalue weighted by atomic mass is 16.7. The molecule has 0 radical (unpaired) electrons. The molecule has 24 heavy (non-hydrogen) atoms. The monoisotopic (exact) mass is 337 g/mol. The average Bonchev–Trinajstić information content (AvgIpc) is 2.54. The fourth-order valence-electron chi connectivity index (χ4n) is 2.73. The molecule has 0 aromatic heterocycles. The highest BCUT2D eigenvalue weighted by Gasteiger charge is 2.26. The van der Waals surface area contributed by atoms with E-state index < -0.39 is 17.2 Å². The number of nitro benzene ring substituents is 1. The quantitative estimate of drug-likeness (QED) is 0.458. The van der Waals surface area contributed by atoms with Gasteiger partial charge in [-0.25, -0.2) is 4.79 Å². The molecule has 1 saturated carbocycles.